The molecule has 0 unspecified atom stereocenters. The third-order valence-corrected chi connectivity index (χ3v) is 6.37. The van der Waals surface area contributed by atoms with Gasteiger partial charge in [0.05, 0.1) is 6.61 Å². The Labute approximate surface area is 211 Å². The number of aryl methyl sites for hydroxylation is 2. The Hall–Kier alpha value is -3.19. The Kier molecular flexibility index (Phi) is 8.97. The maximum atomic E-state index is 13.0. The van der Waals surface area contributed by atoms with Crippen molar-refractivity contribution in [1.29, 1.82) is 0 Å². The monoisotopic (exact) mass is 530 g/mol. The molecule has 1 N–H and O–H groups in total. The van der Waals surface area contributed by atoms with E-state index in [0.29, 0.717) is 29.7 Å². The number of alkyl halides is 6. The molecule has 0 amide bonds. The van der Waals surface area contributed by atoms with E-state index in [1.54, 1.807) is 38.1 Å². The van der Waals surface area contributed by atoms with Gasteiger partial charge in [0.15, 0.2) is 0 Å². The maximum Gasteiger partial charge on any atom is 0.513 e. The summed E-state index contributed by atoms with van der Waals surface area (Å²) in [4.78, 5) is 11.7. The van der Waals surface area contributed by atoms with E-state index in [1.807, 2.05) is 25.8 Å². The van der Waals surface area contributed by atoms with E-state index in [-0.39, 0.29) is 12.2 Å². The van der Waals surface area contributed by atoms with Crippen LogP contribution in [-0.2, 0) is 10.2 Å². The first-order valence-electron chi connectivity index (χ1n) is 11.5. The van der Waals surface area contributed by atoms with Crippen LogP contribution in [0.3, 0.4) is 0 Å². The molecule has 0 spiro atoms. The van der Waals surface area contributed by atoms with Crippen LogP contribution in [0.25, 0.3) is 0 Å². The number of rotatable bonds is 6. The van der Waals surface area contributed by atoms with Gasteiger partial charge in [-0.25, -0.2) is 4.79 Å². The second-order valence-corrected chi connectivity index (χ2v) is 8.54. The van der Waals surface area contributed by atoms with Crippen LogP contribution in [-0.4, -0.2) is 35.8 Å². The highest BCUT2D eigenvalue weighted by atomic mass is 19.4. The molecule has 2 rings (SSSR count). The standard InChI is InChI=1S/C27H28F6O4/c1-6-24(7-2,21-11-12-22(18(5)16-21)37-23(34)36-8-3)20-10-9-19(17(4)15-20)13-14-25(35,26(28,29)30)27(31,32)33/h9-12,15-16,35H,6-8H2,1-5H3. The molecule has 0 atom stereocenters. The number of carbonyl (C=O) groups is 1. The van der Waals surface area contributed by atoms with Crippen LogP contribution < -0.4 is 4.74 Å². The highest BCUT2D eigenvalue weighted by Crippen LogP contribution is 2.43. The summed E-state index contributed by atoms with van der Waals surface area (Å²) < 4.78 is 87.8. The summed E-state index contributed by atoms with van der Waals surface area (Å²) in [5, 5.41) is 9.32. The molecule has 37 heavy (non-hydrogen) atoms. The second kappa shape index (κ2) is 11.1. The molecule has 0 bridgehead atoms. The predicted molar refractivity (Wildman–Crippen MR) is 125 cm³/mol. The van der Waals surface area contributed by atoms with E-state index >= 15 is 0 Å². The van der Waals surface area contributed by atoms with Gasteiger partial charge in [0.1, 0.15) is 5.75 Å². The molecule has 4 nitrogen and oxygen atoms in total. The Bertz CT molecular complexity index is 1170. The average molecular weight is 531 g/mol. The van der Waals surface area contributed by atoms with Gasteiger partial charge in [-0.15, -0.1) is 0 Å². The van der Waals surface area contributed by atoms with E-state index in [9.17, 15) is 36.2 Å². The van der Waals surface area contributed by atoms with Crippen molar-refractivity contribution in [2.75, 3.05) is 6.61 Å². The summed E-state index contributed by atoms with van der Waals surface area (Å²) in [6, 6.07) is 9.90. The van der Waals surface area contributed by atoms with Crippen molar-refractivity contribution in [3.63, 3.8) is 0 Å². The Morgan fingerprint density at radius 1 is 0.865 bits per heavy atom. The lowest BCUT2D eigenvalue weighted by molar-refractivity contribution is -0.343. The molecule has 2 aromatic rings. The Morgan fingerprint density at radius 2 is 1.38 bits per heavy atom. The van der Waals surface area contributed by atoms with Gasteiger partial charge in [-0.2, -0.15) is 26.3 Å². The molecule has 0 fully saturated rings. The molecule has 0 heterocycles. The van der Waals surface area contributed by atoms with Gasteiger partial charge in [0.25, 0.3) is 0 Å². The van der Waals surface area contributed by atoms with Gasteiger partial charge >= 0.3 is 24.1 Å². The molecular formula is C27H28F6O4. The van der Waals surface area contributed by atoms with Crippen LogP contribution in [0, 0.1) is 25.7 Å². The second-order valence-electron chi connectivity index (χ2n) is 8.54. The minimum Gasteiger partial charge on any atom is -0.434 e. The zero-order valence-electron chi connectivity index (χ0n) is 21.0. The number of halogens is 6. The van der Waals surface area contributed by atoms with Gasteiger partial charge in [0, 0.05) is 11.0 Å². The summed E-state index contributed by atoms with van der Waals surface area (Å²) in [7, 11) is 0. The quantitative estimate of drug-likeness (QED) is 0.187. The fraction of sp³-hybridized carbons (Fsp3) is 0.444. The SMILES string of the molecule is CCOC(=O)Oc1ccc(C(CC)(CC)c2ccc(C#CC(O)(C(F)(F)F)C(F)(F)F)c(C)c2)cc1C. The first kappa shape index (κ1) is 30.0. The van der Waals surface area contributed by atoms with E-state index in [0.717, 1.165) is 17.0 Å². The van der Waals surface area contributed by atoms with Crippen LogP contribution >= 0.6 is 0 Å². The lowest BCUT2D eigenvalue weighted by Crippen LogP contribution is -2.55. The number of aliphatic hydroxyl groups is 1. The van der Waals surface area contributed by atoms with E-state index in [4.69, 9.17) is 9.47 Å². The molecule has 2 aromatic carbocycles. The predicted octanol–water partition coefficient (Wildman–Crippen LogP) is 7.15. The average Bonchev–Trinajstić information content (AvgIpc) is 2.79. The number of hydrogen-bond donors (Lipinski definition) is 1. The van der Waals surface area contributed by atoms with Crippen molar-refractivity contribution in [2.24, 2.45) is 0 Å². The molecule has 10 heteroatoms. The molecule has 0 aromatic heterocycles. The third-order valence-electron chi connectivity index (χ3n) is 6.37. The topological polar surface area (TPSA) is 55.8 Å². The maximum absolute atomic E-state index is 13.0. The molecule has 0 aliphatic rings. The van der Waals surface area contributed by atoms with Gasteiger partial charge in [-0.1, -0.05) is 44.0 Å². The Balaban J connectivity index is 2.52. The van der Waals surface area contributed by atoms with Crippen molar-refractivity contribution in [3.05, 3.63) is 64.2 Å². The van der Waals surface area contributed by atoms with Gasteiger partial charge < -0.3 is 14.6 Å². The van der Waals surface area contributed by atoms with Gasteiger partial charge in [-0.05, 0) is 73.9 Å². The minimum absolute atomic E-state index is 0.0776. The molecule has 202 valence electrons. The van der Waals surface area contributed by atoms with Crippen molar-refractivity contribution >= 4 is 6.16 Å². The highest BCUT2D eigenvalue weighted by molar-refractivity contribution is 5.64. The van der Waals surface area contributed by atoms with E-state index in [1.165, 1.54) is 13.0 Å². The number of carbonyl (C=O) groups excluding carboxylic acids is 1. The first-order valence-corrected chi connectivity index (χ1v) is 11.5. The normalized spacial score (nSPS) is 12.5. The summed E-state index contributed by atoms with van der Waals surface area (Å²) in [5.41, 5.74) is -3.09. The van der Waals surface area contributed by atoms with Crippen molar-refractivity contribution in [3.8, 4) is 17.6 Å². The molecule has 0 aliphatic heterocycles. The number of hydrogen-bond acceptors (Lipinski definition) is 4. The summed E-state index contributed by atoms with van der Waals surface area (Å²) >= 11 is 0. The molecule has 0 radical (unpaired) electrons. The van der Waals surface area contributed by atoms with Crippen LogP contribution in [0.1, 0.15) is 61.4 Å². The molecule has 0 saturated carbocycles. The van der Waals surface area contributed by atoms with E-state index in [2.05, 4.69) is 0 Å². The third kappa shape index (κ3) is 6.04. The lowest BCUT2D eigenvalue weighted by atomic mass is 9.70. The van der Waals surface area contributed by atoms with Crippen molar-refractivity contribution in [2.45, 2.75) is 70.8 Å². The van der Waals surface area contributed by atoms with Crippen LogP contribution in [0.2, 0.25) is 0 Å². The smallest absolute Gasteiger partial charge is 0.434 e. The summed E-state index contributed by atoms with van der Waals surface area (Å²) in [6.07, 6.45) is -11.6. The van der Waals surface area contributed by atoms with E-state index < -0.39 is 29.5 Å². The van der Waals surface area contributed by atoms with Crippen LogP contribution in [0.4, 0.5) is 31.1 Å². The lowest BCUT2D eigenvalue weighted by Gasteiger charge is -2.34. The first-order chi connectivity index (χ1) is 17.1. The number of ether oxygens (including phenoxy) is 2. The largest absolute Gasteiger partial charge is 0.513 e. The highest BCUT2D eigenvalue weighted by Gasteiger charge is 2.70. The van der Waals surface area contributed by atoms with Crippen molar-refractivity contribution < 1.29 is 45.7 Å². The number of benzene rings is 2. The van der Waals surface area contributed by atoms with Gasteiger partial charge in [-0.3, -0.25) is 0 Å². The minimum atomic E-state index is -6.02. The van der Waals surface area contributed by atoms with Crippen LogP contribution in [0.5, 0.6) is 5.75 Å². The fourth-order valence-electron chi connectivity index (χ4n) is 4.09. The summed E-state index contributed by atoms with van der Waals surface area (Å²) in [5.74, 6) is 3.18. The fourth-order valence-corrected chi connectivity index (χ4v) is 4.09. The molecular weight excluding hydrogens is 502 g/mol. The zero-order valence-corrected chi connectivity index (χ0v) is 21.0. The molecule has 0 saturated heterocycles. The molecule has 0 aliphatic carbocycles. The zero-order chi connectivity index (χ0) is 28.2. The van der Waals surface area contributed by atoms with Crippen molar-refractivity contribution in [1.82, 2.24) is 0 Å². The Morgan fingerprint density at radius 3 is 1.81 bits per heavy atom. The summed E-state index contributed by atoms with van der Waals surface area (Å²) in [6.45, 7) is 9.01. The van der Waals surface area contributed by atoms with Crippen LogP contribution in [0.15, 0.2) is 36.4 Å². The van der Waals surface area contributed by atoms with Gasteiger partial charge in [0.2, 0.25) is 0 Å².